The third kappa shape index (κ3) is 9.65. The van der Waals surface area contributed by atoms with Crippen LogP contribution in [0.25, 0.3) is 0 Å². The predicted molar refractivity (Wildman–Crippen MR) is 198 cm³/mol. The predicted octanol–water partition coefficient (Wildman–Crippen LogP) is 12.5. The van der Waals surface area contributed by atoms with E-state index in [1.807, 2.05) is 156 Å². The topological polar surface area (TPSA) is 92.8 Å². The Bertz CT molecular complexity index is 1640. The molecule has 0 saturated heterocycles. The number of rotatable bonds is 6. The van der Waals surface area contributed by atoms with E-state index in [1.54, 1.807) is 12.4 Å². The van der Waals surface area contributed by atoms with Gasteiger partial charge in [0, 0.05) is 22.3 Å². The molecule has 0 fully saturated rings. The summed E-state index contributed by atoms with van der Waals surface area (Å²) in [4.78, 5) is 26.3. The zero-order valence-corrected chi connectivity index (χ0v) is 31.1. The number of carbonyl (C=O) groups excluding carboxylic acids is 2. The van der Waals surface area contributed by atoms with Crippen molar-refractivity contribution in [2.45, 2.75) is 83.1 Å². The Hall–Kier alpha value is -4.78. The molecule has 2 aromatic carbocycles. The van der Waals surface area contributed by atoms with Crippen molar-refractivity contribution in [3.05, 3.63) is 119 Å². The number of allylic oxidation sites excluding steroid dienone is 10. The van der Waals surface area contributed by atoms with Gasteiger partial charge in [0.1, 0.15) is 11.5 Å². The molecule has 4 rings (SSSR count). The normalized spacial score (nSPS) is 16.5. The lowest BCUT2D eigenvalue weighted by Gasteiger charge is -2.31. The standard InChI is InChI=1S/C42H50N4O3/c1-39(2,3)33-21-27(22-34(37(33)47)40(4,5)6)25-43-45-29-13-17-31(18-14-29)49-32-19-15-30(16-20-32)46-44-26-28-23-35(41(7,8)9)38(48)36(24-28)42(10,11)12/h13-26H,1-12H3. The number of ether oxygens (including phenoxy) is 1. The maximum atomic E-state index is 13.2. The third-order valence-electron chi connectivity index (χ3n) is 8.12. The van der Waals surface area contributed by atoms with Gasteiger partial charge in [0.2, 0.25) is 0 Å². The first-order chi connectivity index (χ1) is 22.6. The van der Waals surface area contributed by atoms with Crippen molar-refractivity contribution >= 4 is 22.9 Å². The monoisotopic (exact) mass is 658 g/mol. The average molecular weight is 659 g/mol. The molecule has 0 aliphatic heterocycles. The van der Waals surface area contributed by atoms with Crippen LogP contribution in [0.5, 0.6) is 11.5 Å². The molecular formula is C42H50N4O3. The first kappa shape index (κ1) is 37.0. The Morgan fingerprint density at radius 1 is 0.449 bits per heavy atom. The summed E-state index contributed by atoms with van der Waals surface area (Å²) in [5.74, 6) is 1.51. The van der Waals surface area contributed by atoms with E-state index in [9.17, 15) is 9.59 Å². The number of ketones is 2. The second kappa shape index (κ2) is 14.0. The van der Waals surface area contributed by atoms with Crippen LogP contribution in [0.4, 0.5) is 11.4 Å². The van der Waals surface area contributed by atoms with Crippen molar-refractivity contribution in [1.82, 2.24) is 0 Å². The lowest BCUT2D eigenvalue weighted by atomic mass is 9.72. The second-order valence-electron chi connectivity index (χ2n) is 16.7. The highest BCUT2D eigenvalue weighted by atomic mass is 16.5. The van der Waals surface area contributed by atoms with Crippen LogP contribution in [0.2, 0.25) is 0 Å². The fourth-order valence-electron chi connectivity index (χ4n) is 5.30. The lowest BCUT2D eigenvalue weighted by Crippen LogP contribution is -2.27. The number of benzene rings is 2. The van der Waals surface area contributed by atoms with Crippen LogP contribution in [0.15, 0.2) is 139 Å². The molecule has 49 heavy (non-hydrogen) atoms. The van der Waals surface area contributed by atoms with Gasteiger partial charge >= 0.3 is 0 Å². The van der Waals surface area contributed by atoms with Crippen molar-refractivity contribution in [2.24, 2.45) is 42.1 Å². The van der Waals surface area contributed by atoms with Gasteiger partial charge in [-0.3, -0.25) is 9.59 Å². The SMILES string of the molecule is CC(C)(C)C1=CC(=CN=Nc2ccc(Oc3ccc(N=NC=C4C=C(C(C)(C)C)C(=O)C(C(C)(C)C)=C4)cc3)cc2)C=C(C(C)(C)C)C1=O. The summed E-state index contributed by atoms with van der Waals surface area (Å²) in [5, 5.41) is 17.3. The zero-order valence-electron chi connectivity index (χ0n) is 31.1. The van der Waals surface area contributed by atoms with E-state index in [0.717, 1.165) is 33.4 Å². The van der Waals surface area contributed by atoms with E-state index in [1.165, 1.54) is 0 Å². The van der Waals surface area contributed by atoms with Gasteiger partial charge in [0.05, 0.1) is 23.8 Å². The summed E-state index contributed by atoms with van der Waals surface area (Å²) in [6, 6.07) is 14.7. The van der Waals surface area contributed by atoms with Gasteiger partial charge in [0.15, 0.2) is 11.6 Å². The summed E-state index contributed by atoms with van der Waals surface area (Å²) in [7, 11) is 0. The molecule has 2 aliphatic carbocycles. The molecule has 2 aromatic rings. The van der Waals surface area contributed by atoms with Gasteiger partial charge in [-0.1, -0.05) is 83.1 Å². The number of nitrogens with zero attached hydrogens (tertiary/aromatic N) is 4. The Morgan fingerprint density at radius 3 is 0.959 bits per heavy atom. The molecule has 0 N–H and O–H groups in total. The van der Waals surface area contributed by atoms with Crippen LogP contribution in [-0.4, -0.2) is 11.6 Å². The van der Waals surface area contributed by atoms with Crippen LogP contribution in [-0.2, 0) is 9.59 Å². The molecule has 0 bridgehead atoms. The van der Waals surface area contributed by atoms with Gasteiger partial charge < -0.3 is 4.74 Å². The quantitative estimate of drug-likeness (QED) is 0.289. The van der Waals surface area contributed by atoms with Gasteiger partial charge in [-0.2, -0.15) is 20.5 Å². The summed E-state index contributed by atoms with van der Waals surface area (Å²) >= 11 is 0. The van der Waals surface area contributed by atoms with Gasteiger partial charge in [-0.15, -0.1) is 0 Å². The minimum absolute atomic E-state index is 0.0930. The molecule has 0 radical (unpaired) electrons. The Labute approximate surface area is 292 Å². The molecule has 0 amide bonds. The van der Waals surface area contributed by atoms with E-state index in [0.29, 0.717) is 22.9 Å². The molecule has 0 atom stereocenters. The van der Waals surface area contributed by atoms with Crippen LogP contribution in [0, 0.1) is 21.7 Å². The Morgan fingerprint density at radius 2 is 0.714 bits per heavy atom. The van der Waals surface area contributed by atoms with Gasteiger partial charge in [-0.05, 0) is 106 Å². The minimum Gasteiger partial charge on any atom is -0.457 e. The van der Waals surface area contributed by atoms with Crippen LogP contribution in [0.3, 0.4) is 0 Å². The molecule has 0 spiro atoms. The largest absolute Gasteiger partial charge is 0.457 e. The highest BCUT2D eigenvalue weighted by Crippen LogP contribution is 2.40. The third-order valence-corrected chi connectivity index (χ3v) is 8.12. The molecule has 256 valence electrons. The van der Waals surface area contributed by atoms with Crippen molar-refractivity contribution in [3.8, 4) is 11.5 Å². The molecule has 0 unspecified atom stereocenters. The number of azo groups is 2. The fraction of sp³-hybridized carbons (Fsp3) is 0.381. The number of hydrogen-bond donors (Lipinski definition) is 0. The number of Topliss-reactive ketones (excluding diaryl/α,β-unsaturated/α-hetero) is 2. The lowest BCUT2D eigenvalue weighted by molar-refractivity contribution is -0.114. The molecule has 7 heteroatoms. The first-order valence-corrected chi connectivity index (χ1v) is 16.7. The number of hydrogen-bond acceptors (Lipinski definition) is 7. The molecule has 7 nitrogen and oxygen atoms in total. The maximum absolute atomic E-state index is 13.2. The maximum Gasteiger partial charge on any atom is 0.186 e. The van der Waals surface area contributed by atoms with Crippen molar-refractivity contribution in [3.63, 3.8) is 0 Å². The fourth-order valence-corrected chi connectivity index (χ4v) is 5.30. The first-order valence-electron chi connectivity index (χ1n) is 16.7. The van der Waals surface area contributed by atoms with Crippen LogP contribution < -0.4 is 4.74 Å². The second-order valence-corrected chi connectivity index (χ2v) is 16.7. The minimum atomic E-state index is -0.280. The van der Waals surface area contributed by atoms with Gasteiger partial charge in [-0.25, -0.2) is 0 Å². The average Bonchev–Trinajstić information content (AvgIpc) is 2.98. The molecule has 0 heterocycles. The van der Waals surface area contributed by atoms with E-state index in [4.69, 9.17) is 4.74 Å². The van der Waals surface area contributed by atoms with Crippen LogP contribution >= 0.6 is 0 Å². The van der Waals surface area contributed by atoms with Crippen molar-refractivity contribution in [1.29, 1.82) is 0 Å². The molecule has 0 aromatic heterocycles. The van der Waals surface area contributed by atoms with Crippen molar-refractivity contribution in [2.75, 3.05) is 0 Å². The molecular weight excluding hydrogens is 608 g/mol. The zero-order chi connectivity index (χ0) is 36.4. The highest BCUT2D eigenvalue weighted by Gasteiger charge is 2.35. The molecule has 0 saturated carbocycles. The van der Waals surface area contributed by atoms with E-state index in [-0.39, 0.29) is 33.2 Å². The van der Waals surface area contributed by atoms with Crippen LogP contribution in [0.1, 0.15) is 83.1 Å². The summed E-state index contributed by atoms with van der Waals surface area (Å²) < 4.78 is 6.02. The molecule has 2 aliphatic rings. The smallest absolute Gasteiger partial charge is 0.186 e. The summed E-state index contributed by atoms with van der Waals surface area (Å²) in [5.41, 5.74) is 5.02. The summed E-state index contributed by atoms with van der Waals surface area (Å²) in [6.07, 6.45) is 11.0. The van der Waals surface area contributed by atoms with E-state index < -0.39 is 0 Å². The Balaban J connectivity index is 1.42. The highest BCUT2D eigenvalue weighted by molar-refractivity contribution is 6.12. The van der Waals surface area contributed by atoms with E-state index >= 15 is 0 Å². The van der Waals surface area contributed by atoms with Crippen molar-refractivity contribution < 1.29 is 14.3 Å². The summed E-state index contributed by atoms with van der Waals surface area (Å²) in [6.45, 7) is 24.6. The van der Waals surface area contributed by atoms with E-state index in [2.05, 4.69) is 20.5 Å². The number of carbonyl (C=O) groups is 2. The van der Waals surface area contributed by atoms with Gasteiger partial charge in [0.25, 0.3) is 0 Å². The Kier molecular flexibility index (Phi) is 10.6.